The van der Waals surface area contributed by atoms with Gasteiger partial charge in [-0.2, -0.15) is 0 Å². The smallest absolute Gasteiger partial charge is 0.248 e. The number of aliphatic hydroxyl groups excluding tert-OH is 2. The van der Waals surface area contributed by atoms with Crippen LogP contribution in [0.4, 0.5) is 0 Å². The van der Waals surface area contributed by atoms with E-state index in [0.29, 0.717) is 32.8 Å². The number of rotatable bonds is 20. The molecule has 0 aromatic heterocycles. The van der Waals surface area contributed by atoms with E-state index < -0.39 is 168 Å². The van der Waals surface area contributed by atoms with E-state index in [1.807, 2.05) is 41.5 Å². The molecule has 2 aliphatic heterocycles. The zero-order valence-corrected chi connectivity index (χ0v) is 61.2. The van der Waals surface area contributed by atoms with Gasteiger partial charge in [0.05, 0.1) is 38.6 Å². The lowest BCUT2D eigenvalue weighted by atomic mass is 9.93. The van der Waals surface area contributed by atoms with E-state index in [4.69, 9.17) is 9.47 Å². The standard InChI is InChI=1S/C68H120N12O15/c1-24-27-44(14)57(82)56-61(86)71-48(26-3)63(88)80(28-25-2)52(38-81)66(91)77(22)55(47(17)95-34-31-79-29-32-94-33-30-79)60(85)72-53(42(10)11)67(92)73(18)49(35-39(4)5)59(84)69-45(15)58(83)70-46(16)62(87)74(19)50(36-40(6)7)64(89)75(20)51(37-41(8)9)65(90)76(21)54(43(12)13)68(93)78(56)23/h24-25,27,39-57,81-82H,2,26,28-38H2,1,3-23H3,(H,69,84)(H,70,83)(H,71,86)(H,72,85)/b27-24+/t44-,45+,46-,47-,48+,49+,50+,51+,52-,53+,54+,55?,56+,57-/m1/s1. The molecule has 2 rings (SSSR count). The number of nitrogens with zero attached hydrogens (tertiary/aromatic N) is 8. The minimum atomic E-state index is -1.74. The Labute approximate surface area is 566 Å². The number of morpholine rings is 1. The molecule has 0 spiro atoms. The molecule has 95 heavy (non-hydrogen) atoms. The van der Waals surface area contributed by atoms with Crippen molar-refractivity contribution in [3.8, 4) is 0 Å². The van der Waals surface area contributed by atoms with Crippen LogP contribution in [0.1, 0.15) is 136 Å². The summed E-state index contributed by atoms with van der Waals surface area (Å²) in [6.45, 7) is 32.4. The number of carbonyl (C=O) groups excluding carboxylic acids is 11. The van der Waals surface area contributed by atoms with Crippen molar-refractivity contribution in [2.45, 2.75) is 215 Å². The van der Waals surface area contributed by atoms with Crippen molar-refractivity contribution in [2.24, 2.45) is 35.5 Å². The molecule has 0 bridgehead atoms. The Kier molecular flexibility index (Phi) is 35.2. The van der Waals surface area contributed by atoms with Gasteiger partial charge in [-0.15, -0.1) is 6.58 Å². The average Bonchev–Trinajstić information content (AvgIpc) is 0.830. The fourth-order valence-electron chi connectivity index (χ4n) is 12.2. The van der Waals surface area contributed by atoms with Crippen LogP contribution in [0, 0.1) is 35.5 Å². The van der Waals surface area contributed by atoms with E-state index in [2.05, 4.69) is 32.7 Å². The maximum absolute atomic E-state index is 15.3. The number of hydrogen-bond donors (Lipinski definition) is 6. The molecule has 0 aliphatic carbocycles. The molecule has 0 aromatic carbocycles. The predicted molar refractivity (Wildman–Crippen MR) is 362 cm³/mol. The van der Waals surface area contributed by atoms with Crippen LogP contribution in [0.3, 0.4) is 0 Å². The number of aliphatic hydroxyl groups is 2. The first-order valence-electron chi connectivity index (χ1n) is 33.9. The monoisotopic (exact) mass is 1340 g/mol. The SMILES string of the molecule is C=CCN1C(=O)[C@H](CC)NC(=O)[C@H]([C@H](O)[C@H](C)/C=C/C)N(C)C(=O)[C@H](C(C)C)N(C)C(=O)[C@H](CC(C)C)N(C)C(=O)[C@H](CC(C)C)N(C)C(=O)[C@@H](C)NC(=O)[C@H](C)NC(=O)[C@H](CC(C)C)N(C)C(=O)[C@H](C(C)C)NC(=O)C([C@@H](C)OCCN2CCOCC2)N(C)C(=O)[C@H]1CO. The van der Waals surface area contributed by atoms with E-state index in [1.54, 1.807) is 67.5 Å². The van der Waals surface area contributed by atoms with Gasteiger partial charge in [-0.25, -0.2) is 0 Å². The third-order valence-corrected chi connectivity index (χ3v) is 18.0. The third kappa shape index (κ3) is 23.3. The van der Waals surface area contributed by atoms with Crippen molar-refractivity contribution in [3.05, 3.63) is 24.8 Å². The molecule has 0 aromatic rings. The van der Waals surface area contributed by atoms with Crippen LogP contribution >= 0.6 is 0 Å². The first-order chi connectivity index (χ1) is 44.3. The largest absolute Gasteiger partial charge is 0.394 e. The molecule has 2 heterocycles. The number of ether oxygens (including phenoxy) is 2. The van der Waals surface area contributed by atoms with Crippen LogP contribution in [0.15, 0.2) is 24.8 Å². The molecule has 11 amide bonds. The number of amides is 11. The first-order valence-corrected chi connectivity index (χ1v) is 33.9. The van der Waals surface area contributed by atoms with Crippen molar-refractivity contribution < 1.29 is 72.4 Å². The summed E-state index contributed by atoms with van der Waals surface area (Å²) in [6, 6.07) is -15.3. The highest BCUT2D eigenvalue weighted by atomic mass is 16.5. The minimum absolute atomic E-state index is 0.0897. The van der Waals surface area contributed by atoms with Crippen LogP contribution in [0.25, 0.3) is 0 Å². The van der Waals surface area contributed by atoms with Gasteiger partial charge in [0, 0.05) is 74.4 Å². The van der Waals surface area contributed by atoms with Crippen molar-refractivity contribution in [3.63, 3.8) is 0 Å². The van der Waals surface area contributed by atoms with E-state index in [0.717, 1.165) is 14.7 Å². The quantitative estimate of drug-likeness (QED) is 0.0941. The van der Waals surface area contributed by atoms with E-state index in [1.165, 1.54) is 81.8 Å². The van der Waals surface area contributed by atoms with Gasteiger partial charge in [0.1, 0.15) is 66.5 Å². The molecule has 6 N–H and O–H groups in total. The lowest BCUT2D eigenvalue weighted by Gasteiger charge is -2.41. The van der Waals surface area contributed by atoms with Crippen LogP contribution < -0.4 is 21.3 Å². The molecule has 27 heteroatoms. The summed E-state index contributed by atoms with van der Waals surface area (Å²) < 4.78 is 11.8. The molecule has 2 aliphatic rings. The van der Waals surface area contributed by atoms with Crippen LogP contribution in [0.2, 0.25) is 0 Å². The highest BCUT2D eigenvalue weighted by Crippen LogP contribution is 2.26. The molecule has 542 valence electrons. The summed E-state index contributed by atoms with van der Waals surface area (Å²) in [5.74, 6) is -11.2. The number of carbonyl (C=O) groups is 11. The summed E-state index contributed by atoms with van der Waals surface area (Å²) in [5.41, 5.74) is 0. The van der Waals surface area contributed by atoms with E-state index in [9.17, 15) is 29.4 Å². The fourth-order valence-corrected chi connectivity index (χ4v) is 12.2. The molecule has 2 fully saturated rings. The molecule has 1 unspecified atom stereocenters. The van der Waals surface area contributed by atoms with E-state index >= 15 is 33.6 Å². The third-order valence-electron chi connectivity index (χ3n) is 18.0. The van der Waals surface area contributed by atoms with Crippen molar-refractivity contribution >= 4 is 65.0 Å². The Balaban J connectivity index is 3.11. The number of allylic oxidation sites excluding steroid dienone is 1. The molecule has 27 nitrogen and oxygen atoms in total. The summed E-state index contributed by atoms with van der Waals surface area (Å²) in [5, 5.41) is 34.4. The summed E-state index contributed by atoms with van der Waals surface area (Å²) in [6.07, 6.45) is 2.09. The summed E-state index contributed by atoms with van der Waals surface area (Å²) >= 11 is 0. The fraction of sp³-hybridized carbons (Fsp3) is 0.779. The maximum atomic E-state index is 15.3. The lowest BCUT2D eigenvalue weighted by molar-refractivity contribution is -0.157. The Morgan fingerprint density at radius 1 is 0.547 bits per heavy atom. The highest BCUT2D eigenvalue weighted by molar-refractivity contribution is 6.00. The molecular weight excluding hydrogens is 1220 g/mol. The van der Waals surface area contributed by atoms with Crippen LogP contribution in [-0.4, -0.2) is 288 Å². The molecule has 14 atom stereocenters. The zero-order chi connectivity index (χ0) is 72.8. The maximum Gasteiger partial charge on any atom is 0.248 e. The second kappa shape index (κ2) is 39.6. The molecule has 0 radical (unpaired) electrons. The Bertz CT molecular complexity index is 2610. The number of nitrogens with one attached hydrogen (secondary N) is 4. The molecule has 0 saturated carbocycles. The average molecular weight is 1350 g/mol. The van der Waals surface area contributed by atoms with Crippen LogP contribution in [-0.2, 0) is 62.2 Å². The minimum Gasteiger partial charge on any atom is -0.394 e. The second-order valence-corrected chi connectivity index (χ2v) is 27.8. The lowest BCUT2D eigenvalue weighted by Crippen LogP contribution is -2.65. The number of hydrogen-bond acceptors (Lipinski definition) is 16. The highest BCUT2D eigenvalue weighted by Gasteiger charge is 2.47. The molecular formula is C68H120N12O15. The predicted octanol–water partition coefficient (Wildman–Crippen LogP) is 1.49. The summed E-state index contributed by atoms with van der Waals surface area (Å²) in [7, 11) is 8.28. The first kappa shape index (κ1) is 84.5. The topological polar surface area (TPSA) is 321 Å². The van der Waals surface area contributed by atoms with Gasteiger partial charge < -0.3 is 75.3 Å². The number of likely N-dealkylation sites (N-methyl/N-ethyl adjacent to an activating group) is 6. The Morgan fingerprint density at radius 2 is 1.01 bits per heavy atom. The van der Waals surface area contributed by atoms with Crippen molar-refractivity contribution in [2.75, 3.05) is 94.9 Å². The Hall–Kier alpha value is -6.55. The molecule has 2 saturated heterocycles. The van der Waals surface area contributed by atoms with Crippen molar-refractivity contribution in [1.29, 1.82) is 0 Å². The van der Waals surface area contributed by atoms with E-state index in [-0.39, 0.29) is 56.6 Å². The summed E-state index contributed by atoms with van der Waals surface area (Å²) in [4.78, 5) is 174. The van der Waals surface area contributed by atoms with Gasteiger partial charge in [-0.1, -0.05) is 101 Å². The zero-order valence-electron chi connectivity index (χ0n) is 61.2. The van der Waals surface area contributed by atoms with Gasteiger partial charge in [-0.05, 0) is 83.0 Å². The van der Waals surface area contributed by atoms with Gasteiger partial charge in [0.15, 0.2) is 0 Å². The Morgan fingerprint density at radius 3 is 1.49 bits per heavy atom. The van der Waals surface area contributed by atoms with Gasteiger partial charge >= 0.3 is 0 Å². The normalized spacial score (nSPS) is 27.5. The second-order valence-electron chi connectivity index (χ2n) is 27.8. The van der Waals surface area contributed by atoms with Gasteiger partial charge in [-0.3, -0.25) is 57.6 Å². The van der Waals surface area contributed by atoms with Gasteiger partial charge in [0.2, 0.25) is 65.0 Å². The van der Waals surface area contributed by atoms with Crippen molar-refractivity contribution in [1.82, 2.24) is 60.5 Å². The van der Waals surface area contributed by atoms with Crippen LogP contribution in [0.5, 0.6) is 0 Å². The van der Waals surface area contributed by atoms with Gasteiger partial charge in [0.25, 0.3) is 0 Å².